The minimum atomic E-state index is 0.408. The van der Waals surface area contributed by atoms with E-state index in [1.165, 1.54) is 0 Å². The number of ether oxygens (including phenoxy) is 2. The molecule has 1 saturated carbocycles. The maximum absolute atomic E-state index is 6.03. The highest BCUT2D eigenvalue weighted by molar-refractivity contribution is 6.29. The lowest BCUT2D eigenvalue weighted by Gasteiger charge is -2.11. The first-order valence-corrected chi connectivity index (χ1v) is 7.08. The van der Waals surface area contributed by atoms with Gasteiger partial charge in [0.2, 0.25) is 5.88 Å². The lowest BCUT2D eigenvalue weighted by molar-refractivity contribution is 0.319. The Kier molecular flexibility index (Phi) is 3.74. The van der Waals surface area contributed by atoms with E-state index in [1.807, 2.05) is 31.2 Å². The molecule has 20 heavy (non-hydrogen) atoms. The molecule has 0 atom stereocenters. The van der Waals surface area contributed by atoms with Crippen LogP contribution < -0.4 is 9.47 Å². The van der Waals surface area contributed by atoms with E-state index in [1.54, 1.807) is 6.07 Å². The van der Waals surface area contributed by atoms with Crippen LogP contribution in [-0.2, 0) is 0 Å². The predicted octanol–water partition coefficient (Wildman–Crippen LogP) is 4.20. The molecular formula is C15H15ClN2O2. The third-order valence-electron chi connectivity index (χ3n) is 2.99. The van der Waals surface area contributed by atoms with Gasteiger partial charge in [0.05, 0.1) is 6.61 Å². The number of para-hydroxylation sites is 2. The summed E-state index contributed by atoms with van der Waals surface area (Å²) in [5.41, 5.74) is 0. The average Bonchev–Trinajstić information content (AvgIpc) is 3.25. The van der Waals surface area contributed by atoms with Crippen LogP contribution in [0.3, 0.4) is 0 Å². The molecule has 1 aliphatic carbocycles. The molecule has 3 rings (SSSR count). The van der Waals surface area contributed by atoms with Crippen molar-refractivity contribution in [2.75, 3.05) is 6.61 Å². The molecule has 0 radical (unpaired) electrons. The van der Waals surface area contributed by atoms with Crippen LogP contribution in [0.1, 0.15) is 31.5 Å². The lowest BCUT2D eigenvalue weighted by Crippen LogP contribution is -1.98. The predicted molar refractivity (Wildman–Crippen MR) is 76.7 cm³/mol. The van der Waals surface area contributed by atoms with Gasteiger partial charge < -0.3 is 9.47 Å². The highest BCUT2D eigenvalue weighted by atomic mass is 35.5. The van der Waals surface area contributed by atoms with Crippen LogP contribution >= 0.6 is 11.6 Å². The minimum Gasteiger partial charge on any atom is -0.490 e. The molecule has 0 spiro atoms. The SMILES string of the molecule is CCOc1ccccc1Oc1cc(Cl)nc(C2CC2)n1. The third kappa shape index (κ3) is 3.02. The van der Waals surface area contributed by atoms with Crippen LogP contribution in [0, 0.1) is 0 Å². The molecule has 0 aliphatic heterocycles. The fourth-order valence-electron chi connectivity index (χ4n) is 1.91. The minimum absolute atomic E-state index is 0.408. The topological polar surface area (TPSA) is 44.2 Å². The largest absolute Gasteiger partial charge is 0.490 e. The second kappa shape index (κ2) is 5.67. The molecule has 0 unspecified atom stereocenters. The monoisotopic (exact) mass is 290 g/mol. The highest BCUT2D eigenvalue weighted by Gasteiger charge is 2.27. The second-order valence-electron chi connectivity index (χ2n) is 4.64. The van der Waals surface area contributed by atoms with Gasteiger partial charge in [-0.05, 0) is 31.9 Å². The standard InChI is InChI=1S/C15H15ClN2O2/c1-2-19-11-5-3-4-6-12(11)20-14-9-13(16)17-15(18-14)10-7-8-10/h3-6,9-10H,2,7-8H2,1H3. The van der Waals surface area contributed by atoms with E-state index >= 15 is 0 Å². The van der Waals surface area contributed by atoms with Crippen LogP contribution in [0.25, 0.3) is 0 Å². The van der Waals surface area contributed by atoms with Crippen molar-refractivity contribution < 1.29 is 9.47 Å². The van der Waals surface area contributed by atoms with E-state index < -0.39 is 0 Å². The number of hydrogen-bond acceptors (Lipinski definition) is 4. The Bertz CT molecular complexity index is 615. The van der Waals surface area contributed by atoms with Crippen LogP contribution in [0.2, 0.25) is 5.15 Å². The molecule has 0 bridgehead atoms. The van der Waals surface area contributed by atoms with Gasteiger partial charge in [0.15, 0.2) is 11.5 Å². The second-order valence-corrected chi connectivity index (χ2v) is 5.03. The van der Waals surface area contributed by atoms with Crippen molar-refractivity contribution in [2.24, 2.45) is 0 Å². The highest BCUT2D eigenvalue weighted by Crippen LogP contribution is 2.39. The Morgan fingerprint density at radius 2 is 1.95 bits per heavy atom. The van der Waals surface area contributed by atoms with Crippen molar-refractivity contribution in [3.63, 3.8) is 0 Å². The van der Waals surface area contributed by atoms with E-state index in [2.05, 4.69) is 9.97 Å². The van der Waals surface area contributed by atoms with Crippen LogP contribution in [0.4, 0.5) is 0 Å². The van der Waals surface area contributed by atoms with Crippen molar-refractivity contribution in [3.05, 3.63) is 41.3 Å². The molecule has 1 aliphatic rings. The molecule has 1 fully saturated rings. The Morgan fingerprint density at radius 1 is 1.20 bits per heavy atom. The van der Waals surface area contributed by atoms with Gasteiger partial charge >= 0.3 is 0 Å². The van der Waals surface area contributed by atoms with Crippen molar-refractivity contribution in [3.8, 4) is 17.4 Å². The van der Waals surface area contributed by atoms with E-state index in [0.717, 1.165) is 18.7 Å². The maximum Gasteiger partial charge on any atom is 0.224 e. The van der Waals surface area contributed by atoms with Crippen molar-refractivity contribution >= 4 is 11.6 Å². The van der Waals surface area contributed by atoms with Gasteiger partial charge in [0.25, 0.3) is 0 Å². The molecule has 2 aromatic rings. The van der Waals surface area contributed by atoms with Gasteiger partial charge in [-0.3, -0.25) is 0 Å². The number of rotatable bonds is 5. The normalized spacial score (nSPS) is 14.1. The summed E-state index contributed by atoms with van der Waals surface area (Å²) in [5, 5.41) is 0.408. The molecule has 0 N–H and O–H groups in total. The smallest absolute Gasteiger partial charge is 0.224 e. The number of nitrogens with zero attached hydrogens (tertiary/aromatic N) is 2. The Morgan fingerprint density at radius 3 is 2.65 bits per heavy atom. The van der Waals surface area contributed by atoms with E-state index in [0.29, 0.717) is 35.1 Å². The quantitative estimate of drug-likeness (QED) is 0.774. The summed E-state index contributed by atoms with van der Waals surface area (Å²) in [7, 11) is 0. The molecular weight excluding hydrogens is 276 g/mol. The summed E-state index contributed by atoms with van der Waals surface area (Å²) in [5.74, 6) is 2.97. The molecule has 4 nitrogen and oxygen atoms in total. The summed E-state index contributed by atoms with van der Waals surface area (Å²) in [6, 6.07) is 9.13. The van der Waals surface area contributed by atoms with Crippen LogP contribution in [0.5, 0.6) is 17.4 Å². The summed E-state index contributed by atoms with van der Waals surface area (Å²) in [6.07, 6.45) is 2.24. The lowest BCUT2D eigenvalue weighted by atomic mass is 10.3. The fraction of sp³-hybridized carbons (Fsp3) is 0.333. The number of halogens is 1. The van der Waals surface area contributed by atoms with Crippen LogP contribution in [-0.4, -0.2) is 16.6 Å². The average molecular weight is 291 g/mol. The Labute approximate surface area is 122 Å². The first-order chi connectivity index (χ1) is 9.76. The van der Waals surface area contributed by atoms with E-state index in [-0.39, 0.29) is 0 Å². The van der Waals surface area contributed by atoms with Gasteiger partial charge in [-0.15, -0.1) is 0 Å². The van der Waals surface area contributed by atoms with Crippen molar-refractivity contribution in [1.29, 1.82) is 0 Å². The molecule has 0 amide bonds. The Balaban J connectivity index is 1.87. The molecule has 1 aromatic heterocycles. The zero-order valence-corrected chi connectivity index (χ0v) is 11.9. The summed E-state index contributed by atoms with van der Waals surface area (Å²) < 4.78 is 11.3. The third-order valence-corrected chi connectivity index (χ3v) is 3.19. The van der Waals surface area contributed by atoms with Gasteiger partial charge in [-0.25, -0.2) is 4.98 Å². The van der Waals surface area contributed by atoms with Crippen molar-refractivity contribution in [2.45, 2.75) is 25.7 Å². The van der Waals surface area contributed by atoms with E-state index in [9.17, 15) is 0 Å². The maximum atomic E-state index is 6.03. The first kappa shape index (κ1) is 13.2. The number of hydrogen-bond donors (Lipinski definition) is 0. The van der Waals surface area contributed by atoms with Gasteiger partial charge in [0.1, 0.15) is 11.0 Å². The molecule has 5 heteroatoms. The van der Waals surface area contributed by atoms with Gasteiger partial charge in [-0.1, -0.05) is 23.7 Å². The number of benzene rings is 1. The van der Waals surface area contributed by atoms with E-state index in [4.69, 9.17) is 21.1 Å². The molecule has 104 valence electrons. The molecule has 1 heterocycles. The molecule has 1 aromatic carbocycles. The van der Waals surface area contributed by atoms with Gasteiger partial charge in [0, 0.05) is 12.0 Å². The van der Waals surface area contributed by atoms with Gasteiger partial charge in [-0.2, -0.15) is 4.98 Å². The zero-order valence-electron chi connectivity index (χ0n) is 11.2. The van der Waals surface area contributed by atoms with Crippen molar-refractivity contribution in [1.82, 2.24) is 9.97 Å². The fourth-order valence-corrected chi connectivity index (χ4v) is 2.09. The molecule has 0 saturated heterocycles. The number of aromatic nitrogens is 2. The summed E-state index contributed by atoms with van der Waals surface area (Å²) in [4.78, 5) is 8.66. The summed E-state index contributed by atoms with van der Waals surface area (Å²) >= 11 is 6.03. The Hall–Kier alpha value is -1.81. The zero-order chi connectivity index (χ0) is 13.9. The first-order valence-electron chi connectivity index (χ1n) is 6.70. The van der Waals surface area contributed by atoms with Crippen LogP contribution in [0.15, 0.2) is 30.3 Å². The summed E-state index contributed by atoms with van der Waals surface area (Å²) in [6.45, 7) is 2.52.